The highest BCUT2D eigenvalue weighted by Gasteiger charge is 2.15. The van der Waals surface area contributed by atoms with Crippen LogP contribution in [-0.2, 0) is 14.4 Å². The second-order valence-electron chi connectivity index (χ2n) is 4.82. The van der Waals surface area contributed by atoms with Crippen LogP contribution in [0.1, 0.15) is 0 Å². The van der Waals surface area contributed by atoms with Crippen LogP contribution in [0.5, 0.6) is 0 Å². The Hall–Kier alpha value is -2.28. The van der Waals surface area contributed by atoms with Gasteiger partial charge in [0.2, 0.25) is 5.91 Å². The number of rotatable bonds is 4. The molecular weight excluding hydrogens is 389 g/mol. The van der Waals surface area contributed by atoms with Crippen molar-refractivity contribution in [3.63, 3.8) is 0 Å². The van der Waals surface area contributed by atoms with E-state index >= 15 is 0 Å². The fourth-order valence-electron chi connectivity index (χ4n) is 1.74. The molecule has 130 valence electrons. The van der Waals surface area contributed by atoms with Gasteiger partial charge in [-0.15, -0.1) is 0 Å². The minimum Gasteiger partial charge on any atom is -0.339 e. The van der Waals surface area contributed by atoms with Gasteiger partial charge < -0.3 is 16.0 Å². The molecule has 0 saturated carbocycles. The lowest BCUT2D eigenvalue weighted by molar-refractivity contribution is -0.136. The number of halogens is 3. The summed E-state index contributed by atoms with van der Waals surface area (Å²) in [6.07, 6.45) is 0. The summed E-state index contributed by atoms with van der Waals surface area (Å²) in [5, 5.41) is 8.25. The van der Waals surface area contributed by atoms with Gasteiger partial charge in [0, 0.05) is 16.4 Å². The average molecular weight is 401 g/mol. The number of benzene rings is 2. The molecule has 0 aromatic heterocycles. The van der Waals surface area contributed by atoms with E-state index in [1.54, 1.807) is 30.3 Å². The highest BCUT2D eigenvalue weighted by atomic mass is 35.5. The molecular formula is C16H12Cl3N3O3. The van der Waals surface area contributed by atoms with Gasteiger partial charge in [-0.3, -0.25) is 14.4 Å². The third-order valence-electron chi connectivity index (χ3n) is 2.92. The van der Waals surface area contributed by atoms with Crippen molar-refractivity contribution in [3.8, 4) is 0 Å². The van der Waals surface area contributed by atoms with Crippen molar-refractivity contribution < 1.29 is 14.4 Å². The predicted molar refractivity (Wildman–Crippen MR) is 98.2 cm³/mol. The monoisotopic (exact) mass is 399 g/mol. The molecule has 25 heavy (non-hydrogen) atoms. The number of nitrogens with one attached hydrogen (secondary N) is 3. The normalized spacial score (nSPS) is 10.0. The van der Waals surface area contributed by atoms with Gasteiger partial charge in [0.15, 0.2) is 0 Å². The highest BCUT2D eigenvalue weighted by molar-refractivity contribution is 6.42. The second kappa shape index (κ2) is 8.71. The van der Waals surface area contributed by atoms with Crippen molar-refractivity contribution in [3.05, 3.63) is 57.5 Å². The Balaban J connectivity index is 1.81. The molecule has 2 aromatic carbocycles. The van der Waals surface area contributed by atoms with Crippen LogP contribution in [0.15, 0.2) is 42.5 Å². The Kier molecular flexibility index (Phi) is 6.64. The van der Waals surface area contributed by atoms with E-state index < -0.39 is 17.7 Å². The molecule has 0 radical (unpaired) electrons. The van der Waals surface area contributed by atoms with Gasteiger partial charge in [0.05, 0.1) is 16.6 Å². The van der Waals surface area contributed by atoms with Crippen LogP contribution in [-0.4, -0.2) is 24.3 Å². The summed E-state index contributed by atoms with van der Waals surface area (Å²) in [6, 6.07) is 10.8. The summed E-state index contributed by atoms with van der Waals surface area (Å²) in [5.74, 6) is -2.37. The lowest BCUT2D eigenvalue weighted by atomic mass is 10.3. The Morgan fingerprint density at radius 3 is 2.04 bits per heavy atom. The van der Waals surface area contributed by atoms with Crippen LogP contribution in [0.3, 0.4) is 0 Å². The smallest absolute Gasteiger partial charge is 0.313 e. The van der Waals surface area contributed by atoms with Gasteiger partial charge in [-0.2, -0.15) is 0 Å². The Labute approximate surface area is 158 Å². The third kappa shape index (κ3) is 5.94. The van der Waals surface area contributed by atoms with E-state index in [9.17, 15) is 14.4 Å². The van der Waals surface area contributed by atoms with Crippen LogP contribution in [0, 0.1) is 0 Å². The number of hydrogen-bond acceptors (Lipinski definition) is 3. The fraction of sp³-hybridized carbons (Fsp3) is 0.0625. The first-order chi connectivity index (χ1) is 11.8. The SMILES string of the molecule is O=C(CNC(=O)C(=O)Nc1ccc(Cl)cc1)Nc1ccc(Cl)c(Cl)c1. The fourth-order valence-corrected chi connectivity index (χ4v) is 2.17. The molecule has 2 aromatic rings. The molecule has 0 fully saturated rings. The Morgan fingerprint density at radius 1 is 0.760 bits per heavy atom. The molecule has 0 unspecified atom stereocenters. The van der Waals surface area contributed by atoms with Gasteiger partial charge >= 0.3 is 11.8 Å². The largest absolute Gasteiger partial charge is 0.339 e. The molecule has 0 aliphatic heterocycles. The standard InChI is InChI=1S/C16H12Cl3N3O3/c17-9-1-3-10(4-2-9)22-16(25)15(24)20-8-14(23)21-11-5-6-12(18)13(19)7-11/h1-7H,8H2,(H,20,24)(H,21,23)(H,22,25). The molecule has 0 saturated heterocycles. The quantitative estimate of drug-likeness (QED) is 0.688. The molecule has 0 aliphatic carbocycles. The van der Waals surface area contributed by atoms with E-state index in [-0.39, 0.29) is 11.6 Å². The second-order valence-corrected chi connectivity index (χ2v) is 6.07. The maximum Gasteiger partial charge on any atom is 0.313 e. The molecule has 2 rings (SSSR count). The van der Waals surface area contributed by atoms with E-state index in [0.29, 0.717) is 21.4 Å². The van der Waals surface area contributed by atoms with E-state index in [0.717, 1.165) is 0 Å². The summed E-state index contributed by atoms with van der Waals surface area (Å²) in [5.41, 5.74) is 0.823. The van der Waals surface area contributed by atoms with Crippen molar-refractivity contribution >= 4 is 63.9 Å². The van der Waals surface area contributed by atoms with E-state index in [4.69, 9.17) is 34.8 Å². The zero-order chi connectivity index (χ0) is 18.4. The van der Waals surface area contributed by atoms with Crippen molar-refractivity contribution in [2.45, 2.75) is 0 Å². The van der Waals surface area contributed by atoms with Crippen LogP contribution in [0.2, 0.25) is 15.1 Å². The molecule has 0 bridgehead atoms. The molecule has 3 amide bonds. The Morgan fingerprint density at radius 2 is 1.40 bits per heavy atom. The summed E-state index contributed by atoms with van der Waals surface area (Å²) in [6.45, 7) is -0.382. The number of anilines is 2. The van der Waals surface area contributed by atoms with E-state index in [1.165, 1.54) is 12.1 Å². The van der Waals surface area contributed by atoms with Crippen LogP contribution in [0.25, 0.3) is 0 Å². The lowest BCUT2D eigenvalue weighted by Gasteiger charge is -2.08. The maximum atomic E-state index is 11.8. The van der Waals surface area contributed by atoms with Crippen molar-refractivity contribution in [2.24, 2.45) is 0 Å². The first-order valence-electron chi connectivity index (χ1n) is 6.95. The van der Waals surface area contributed by atoms with Crippen LogP contribution < -0.4 is 16.0 Å². The van der Waals surface area contributed by atoms with Gasteiger partial charge in [-0.25, -0.2) is 0 Å². The molecule has 0 spiro atoms. The number of amides is 3. The molecule has 6 nitrogen and oxygen atoms in total. The Bertz CT molecular complexity index is 810. The van der Waals surface area contributed by atoms with Crippen molar-refractivity contribution in [2.75, 3.05) is 17.2 Å². The first kappa shape index (κ1) is 19.1. The molecule has 0 atom stereocenters. The average Bonchev–Trinajstić information content (AvgIpc) is 2.58. The van der Waals surface area contributed by atoms with Crippen LogP contribution >= 0.6 is 34.8 Å². The number of hydrogen-bond donors (Lipinski definition) is 3. The number of carbonyl (C=O) groups is 3. The summed E-state index contributed by atoms with van der Waals surface area (Å²) in [7, 11) is 0. The number of carbonyl (C=O) groups excluding carboxylic acids is 3. The zero-order valence-electron chi connectivity index (χ0n) is 12.6. The van der Waals surface area contributed by atoms with E-state index in [1.807, 2.05) is 0 Å². The minimum absolute atomic E-state index is 0.283. The molecule has 0 aliphatic rings. The van der Waals surface area contributed by atoms with Crippen molar-refractivity contribution in [1.82, 2.24) is 5.32 Å². The molecule has 9 heteroatoms. The summed E-state index contributed by atoms with van der Waals surface area (Å²) in [4.78, 5) is 35.2. The van der Waals surface area contributed by atoms with E-state index in [2.05, 4.69) is 16.0 Å². The topological polar surface area (TPSA) is 87.3 Å². The molecule has 3 N–H and O–H groups in total. The van der Waals surface area contributed by atoms with Gasteiger partial charge in [-0.05, 0) is 42.5 Å². The van der Waals surface area contributed by atoms with Gasteiger partial charge in [-0.1, -0.05) is 34.8 Å². The zero-order valence-corrected chi connectivity index (χ0v) is 14.9. The van der Waals surface area contributed by atoms with Gasteiger partial charge in [0.1, 0.15) is 0 Å². The summed E-state index contributed by atoms with van der Waals surface area (Å²) < 4.78 is 0. The maximum absolute atomic E-state index is 11.8. The third-order valence-corrected chi connectivity index (χ3v) is 3.91. The minimum atomic E-state index is -0.945. The first-order valence-corrected chi connectivity index (χ1v) is 8.08. The van der Waals surface area contributed by atoms with Crippen molar-refractivity contribution in [1.29, 1.82) is 0 Å². The van der Waals surface area contributed by atoms with Crippen LogP contribution in [0.4, 0.5) is 11.4 Å². The lowest BCUT2D eigenvalue weighted by Crippen LogP contribution is -2.39. The predicted octanol–water partition coefficient (Wildman–Crippen LogP) is 3.34. The van der Waals surface area contributed by atoms with Gasteiger partial charge in [0.25, 0.3) is 0 Å². The highest BCUT2D eigenvalue weighted by Crippen LogP contribution is 2.24. The molecule has 0 heterocycles. The summed E-state index contributed by atoms with van der Waals surface area (Å²) >= 11 is 17.3.